The Labute approximate surface area is 97.9 Å². The molecule has 0 saturated heterocycles. The van der Waals surface area contributed by atoms with Crippen LogP contribution in [-0.2, 0) is 4.74 Å². The average Bonchev–Trinajstić information content (AvgIpc) is 3.10. The van der Waals surface area contributed by atoms with Gasteiger partial charge in [0.15, 0.2) is 0 Å². The van der Waals surface area contributed by atoms with E-state index in [1.165, 1.54) is 7.11 Å². The minimum atomic E-state index is -0.515. The summed E-state index contributed by atoms with van der Waals surface area (Å²) >= 11 is 5.05. The maximum absolute atomic E-state index is 11.5. The maximum atomic E-state index is 11.5. The van der Waals surface area contributed by atoms with Gasteiger partial charge in [0.05, 0.1) is 12.7 Å². The van der Waals surface area contributed by atoms with E-state index >= 15 is 0 Å². The molecule has 16 heavy (non-hydrogen) atoms. The van der Waals surface area contributed by atoms with E-state index in [1.54, 1.807) is 6.07 Å². The minimum Gasteiger partial charge on any atom is -0.465 e. The summed E-state index contributed by atoms with van der Waals surface area (Å²) in [5, 5.41) is 8.94. The lowest BCUT2D eigenvalue weighted by Gasteiger charge is -2.05. The van der Waals surface area contributed by atoms with E-state index in [1.807, 2.05) is 6.07 Å². The van der Waals surface area contributed by atoms with Gasteiger partial charge in [-0.25, -0.2) is 4.79 Å². The van der Waals surface area contributed by atoms with Crippen LogP contribution in [0.4, 0.5) is 0 Å². The van der Waals surface area contributed by atoms with Crippen LogP contribution < -0.4 is 0 Å². The SMILES string of the molecule is COC(=O)c1cc(C2CC2)[nH]c(=S)c1C#N. The molecule has 5 heteroatoms. The van der Waals surface area contributed by atoms with Gasteiger partial charge in [-0.1, -0.05) is 12.2 Å². The first kappa shape index (κ1) is 10.8. The zero-order valence-electron chi connectivity index (χ0n) is 8.74. The lowest BCUT2D eigenvalue weighted by Crippen LogP contribution is -2.07. The largest absolute Gasteiger partial charge is 0.465 e. The van der Waals surface area contributed by atoms with Crippen molar-refractivity contribution in [1.29, 1.82) is 5.26 Å². The van der Waals surface area contributed by atoms with Crippen molar-refractivity contribution in [3.05, 3.63) is 27.5 Å². The lowest BCUT2D eigenvalue weighted by molar-refractivity contribution is 0.0600. The number of methoxy groups -OCH3 is 1. The van der Waals surface area contributed by atoms with Crippen LogP contribution in [0.25, 0.3) is 0 Å². The summed E-state index contributed by atoms with van der Waals surface area (Å²) in [6.45, 7) is 0. The number of esters is 1. The number of carbonyl (C=O) groups excluding carboxylic acids is 1. The first-order chi connectivity index (χ1) is 7.67. The highest BCUT2D eigenvalue weighted by Crippen LogP contribution is 2.39. The summed E-state index contributed by atoms with van der Waals surface area (Å²) in [6, 6.07) is 3.61. The molecule has 1 saturated carbocycles. The smallest absolute Gasteiger partial charge is 0.339 e. The number of aromatic nitrogens is 1. The highest BCUT2D eigenvalue weighted by atomic mass is 32.1. The second-order valence-corrected chi connectivity index (χ2v) is 4.13. The second-order valence-electron chi connectivity index (χ2n) is 3.72. The highest BCUT2D eigenvalue weighted by Gasteiger charge is 2.26. The molecule has 1 aliphatic carbocycles. The predicted octanol–water partition coefficient (Wildman–Crippen LogP) is 2.28. The molecule has 0 spiro atoms. The molecule has 1 fully saturated rings. The number of hydrogen-bond donors (Lipinski definition) is 1. The van der Waals surface area contributed by atoms with Gasteiger partial charge < -0.3 is 9.72 Å². The summed E-state index contributed by atoms with van der Waals surface area (Å²) in [4.78, 5) is 14.5. The van der Waals surface area contributed by atoms with Crippen LogP contribution in [0.3, 0.4) is 0 Å². The van der Waals surface area contributed by atoms with E-state index in [9.17, 15) is 4.79 Å². The van der Waals surface area contributed by atoms with E-state index in [-0.39, 0.29) is 11.1 Å². The minimum absolute atomic E-state index is 0.186. The van der Waals surface area contributed by atoms with E-state index < -0.39 is 5.97 Å². The first-order valence-corrected chi connectivity index (χ1v) is 5.33. The Kier molecular flexibility index (Phi) is 2.75. The highest BCUT2D eigenvalue weighted by molar-refractivity contribution is 7.71. The summed E-state index contributed by atoms with van der Waals surface area (Å²) < 4.78 is 4.95. The molecule has 82 valence electrons. The van der Waals surface area contributed by atoms with Crippen molar-refractivity contribution < 1.29 is 9.53 Å². The van der Waals surface area contributed by atoms with Crippen LogP contribution >= 0.6 is 12.2 Å². The number of carbonyl (C=O) groups is 1. The number of nitrogens with one attached hydrogen (secondary N) is 1. The van der Waals surface area contributed by atoms with Crippen molar-refractivity contribution >= 4 is 18.2 Å². The first-order valence-electron chi connectivity index (χ1n) is 4.93. The Morgan fingerprint density at radius 1 is 1.69 bits per heavy atom. The standard InChI is InChI=1S/C11H10N2O2S/c1-15-11(14)7-4-9(6-2-3-6)13-10(16)8(7)5-12/h4,6H,2-3H2,1H3,(H,13,16). The molecule has 0 atom stereocenters. The van der Waals surface area contributed by atoms with E-state index in [0.29, 0.717) is 10.6 Å². The fraction of sp³-hybridized carbons (Fsp3) is 0.364. The van der Waals surface area contributed by atoms with Gasteiger partial charge >= 0.3 is 5.97 Å². The van der Waals surface area contributed by atoms with Crippen LogP contribution in [0.1, 0.15) is 40.4 Å². The zero-order valence-corrected chi connectivity index (χ0v) is 9.56. The maximum Gasteiger partial charge on any atom is 0.339 e. The van der Waals surface area contributed by atoms with Gasteiger partial charge in [-0.15, -0.1) is 0 Å². The Morgan fingerprint density at radius 3 is 2.88 bits per heavy atom. The van der Waals surface area contributed by atoms with Crippen molar-refractivity contribution in [3.63, 3.8) is 0 Å². The second kappa shape index (κ2) is 4.06. The molecule has 4 nitrogen and oxygen atoms in total. The molecule has 1 N–H and O–H groups in total. The van der Waals surface area contributed by atoms with Gasteiger partial charge in [0.25, 0.3) is 0 Å². The number of aromatic amines is 1. The molecule has 0 amide bonds. The van der Waals surface area contributed by atoms with Gasteiger partial charge in [-0.3, -0.25) is 0 Å². The molecule has 1 aromatic heterocycles. The van der Waals surface area contributed by atoms with Gasteiger partial charge in [0.1, 0.15) is 16.3 Å². The number of nitrogens with zero attached hydrogens (tertiary/aromatic N) is 1. The van der Waals surface area contributed by atoms with Crippen LogP contribution in [0.15, 0.2) is 6.07 Å². The van der Waals surface area contributed by atoms with Gasteiger partial charge in [0.2, 0.25) is 0 Å². The van der Waals surface area contributed by atoms with Crippen molar-refractivity contribution in [2.45, 2.75) is 18.8 Å². The fourth-order valence-corrected chi connectivity index (χ4v) is 1.85. The topological polar surface area (TPSA) is 65.9 Å². The summed E-state index contributed by atoms with van der Waals surface area (Å²) in [6.07, 6.45) is 2.19. The molecule has 0 aromatic carbocycles. The predicted molar refractivity (Wildman–Crippen MR) is 59.7 cm³/mol. The van der Waals surface area contributed by atoms with Crippen molar-refractivity contribution in [2.24, 2.45) is 0 Å². The van der Waals surface area contributed by atoms with Crippen LogP contribution in [0, 0.1) is 16.0 Å². The normalized spacial score (nSPS) is 14.2. The molecule has 0 bridgehead atoms. The monoisotopic (exact) mass is 234 g/mol. The quantitative estimate of drug-likeness (QED) is 0.629. The number of H-pyrrole nitrogens is 1. The Morgan fingerprint density at radius 2 is 2.38 bits per heavy atom. The third-order valence-corrected chi connectivity index (χ3v) is 2.89. The number of nitriles is 1. The molecular weight excluding hydrogens is 224 g/mol. The van der Waals surface area contributed by atoms with Crippen molar-refractivity contribution in [2.75, 3.05) is 7.11 Å². The van der Waals surface area contributed by atoms with Crippen LogP contribution in [0.5, 0.6) is 0 Å². The van der Waals surface area contributed by atoms with Crippen LogP contribution in [-0.4, -0.2) is 18.1 Å². The van der Waals surface area contributed by atoms with E-state index in [2.05, 4.69) is 9.72 Å². The molecule has 1 aromatic rings. The van der Waals surface area contributed by atoms with Crippen molar-refractivity contribution in [1.82, 2.24) is 4.98 Å². The number of rotatable bonds is 2. The Bertz CT molecular complexity index is 538. The summed E-state index contributed by atoms with van der Waals surface area (Å²) in [7, 11) is 1.29. The van der Waals surface area contributed by atoms with Crippen LogP contribution in [0.2, 0.25) is 0 Å². The molecule has 2 rings (SSSR count). The molecule has 0 aliphatic heterocycles. The van der Waals surface area contributed by atoms with Gasteiger partial charge in [-0.2, -0.15) is 5.26 Å². The molecular formula is C11H10N2O2S. The summed E-state index contributed by atoms with van der Waals surface area (Å²) in [5.41, 5.74) is 1.37. The third kappa shape index (κ3) is 1.84. The van der Waals surface area contributed by atoms with Gasteiger partial charge in [-0.05, 0) is 24.8 Å². The summed E-state index contributed by atoms with van der Waals surface area (Å²) in [5.74, 6) is -0.0728. The molecule has 0 unspecified atom stereocenters. The van der Waals surface area contributed by atoms with E-state index in [4.69, 9.17) is 17.5 Å². The fourth-order valence-electron chi connectivity index (χ4n) is 1.58. The Balaban J connectivity index is 2.59. The van der Waals surface area contributed by atoms with E-state index in [0.717, 1.165) is 18.5 Å². The van der Waals surface area contributed by atoms with Crippen molar-refractivity contribution in [3.8, 4) is 6.07 Å². The Hall–Kier alpha value is -1.67. The average molecular weight is 234 g/mol. The van der Waals surface area contributed by atoms with Gasteiger partial charge in [0, 0.05) is 5.69 Å². The molecule has 1 heterocycles. The number of ether oxygens (including phenoxy) is 1. The number of hydrogen-bond acceptors (Lipinski definition) is 4. The lowest BCUT2D eigenvalue weighted by atomic mass is 10.1. The third-order valence-electron chi connectivity index (χ3n) is 2.59. The number of pyridine rings is 1. The molecule has 0 radical (unpaired) electrons. The molecule has 1 aliphatic rings. The zero-order chi connectivity index (χ0) is 11.7.